The van der Waals surface area contributed by atoms with Crippen LogP contribution in [0.1, 0.15) is 45.6 Å². The van der Waals surface area contributed by atoms with Gasteiger partial charge < -0.3 is 10.1 Å². The summed E-state index contributed by atoms with van der Waals surface area (Å²) in [7, 11) is 1.57. The lowest BCUT2D eigenvalue weighted by atomic mass is 9.77. The molecule has 0 saturated heterocycles. The summed E-state index contributed by atoms with van der Waals surface area (Å²) in [6.45, 7) is 4.50. The Bertz CT molecular complexity index is 1200. The molecule has 5 rings (SSSR count). The van der Waals surface area contributed by atoms with E-state index < -0.39 is 6.04 Å². The molecule has 1 fully saturated rings. The molecule has 1 N–H and O–H groups in total. The lowest BCUT2D eigenvalue weighted by Gasteiger charge is -2.39. The number of ether oxygens (including phenoxy) is 1. The highest BCUT2D eigenvalue weighted by Gasteiger charge is 2.46. The first-order chi connectivity index (χ1) is 16.0. The van der Waals surface area contributed by atoms with E-state index in [1.807, 2.05) is 45.9 Å². The Kier molecular flexibility index (Phi) is 5.56. The fourth-order valence-corrected chi connectivity index (χ4v) is 5.41. The van der Waals surface area contributed by atoms with Crippen LogP contribution in [0.4, 0.5) is 11.6 Å². The number of carbonyl (C=O) groups is 2. The number of fused-ring (bicyclic) bond motifs is 3. The zero-order valence-electron chi connectivity index (χ0n) is 19.3. The Morgan fingerprint density at radius 2 is 1.88 bits per heavy atom. The molecule has 2 aromatic carbocycles. The molecule has 0 radical (unpaired) electrons. The number of hydrogen-bond donors (Lipinski definition) is 1. The van der Waals surface area contributed by atoms with E-state index in [-0.39, 0.29) is 24.3 Å². The maximum atomic E-state index is 13.8. The van der Waals surface area contributed by atoms with Gasteiger partial charge in [-0.3, -0.25) is 19.1 Å². The van der Waals surface area contributed by atoms with Gasteiger partial charge in [-0.15, -0.1) is 0 Å². The molecule has 33 heavy (non-hydrogen) atoms. The predicted octanol–water partition coefficient (Wildman–Crippen LogP) is 4.79. The fraction of sp³-hybridized carbons (Fsp3) is 0.423. The maximum absolute atomic E-state index is 13.8. The molecule has 7 nitrogen and oxygen atoms in total. The van der Waals surface area contributed by atoms with Crippen LogP contribution in [0.15, 0.2) is 48.5 Å². The van der Waals surface area contributed by atoms with Crippen molar-refractivity contribution in [3.8, 4) is 5.75 Å². The third kappa shape index (κ3) is 3.65. The summed E-state index contributed by atoms with van der Waals surface area (Å²) in [5.41, 5.74) is 2.32. The molecule has 1 aromatic heterocycles. The van der Waals surface area contributed by atoms with Crippen LogP contribution in [0.5, 0.6) is 5.75 Å². The number of aromatic nitrogens is 2. The average Bonchev–Trinajstić information content (AvgIpc) is 3.30. The van der Waals surface area contributed by atoms with Crippen LogP contribution >= 0.6 is 0 Å². The number of rotatable bonds is 5. The number of hydrogen-bond acceptors (Lipinski definition) is 4. The highest BCUT2D eigenvalue weighted by Crippen LogP contribution is 2.42. The van der Waals surface area contributed by atoms with Gasteiger partial charge in [0.2, 0.25) is 11.9 Å². The lowest BCUT2D eigenvalue weighted by molar-refractivity contribution is -0.125. The van der Waals surface area contributed by atoms with Crippen LogP contribution in [0.25, 0.3) is 11.0 Å². The summed E-state index contributed by atoms with van der Waals surface area (Å²) in [6.07, 6.45) is 3.28. The first-order valence-corrected chi connectivity index (χ1v) is 11.7. The Hall–Kier alpha value is -3.35. The molecule has 4 atom stereocenters. The molecular weight excluding hydrogens is 416 g/mol. The topological polar surface area (TPSA) is 76.5 Å². The van der Waals surface area contributed by atoms with Gasteiger partial charge in [-0.2, -0.15) is 0 Å². The average molecular weight is 447 g/mol. The summed E-state index contributed by atoms with van der Waals surface area (Å²) in [5, 5.41) is 2.92. The van der Waals surface area contributed by atoms with Crippen molar-refractivity contribution < 1.29 is 14.3 Å². The Morgan fingerprint density at radius 3 is 2.70 bits per heavy atom. The van der Waals surface area contributed by atoms with Crippen molar-refractivity contribution in [2.75, 3.05) is 17.3 Å². The van der Waals surface area contributed by atoms with E-state index in [1.165, 1.54) is 6.42 Å². The minimum atomic E-state index is -0.619. The van der Waals surface area contributed by atoms with Crippen molar-refractivity contribution in [2.24, 2.45) is 11.8 Å². The second-order valence-electron chi connectivity index (χ2n) is 9.28. The molecule has 1 saturated carbocycles. The van der Waals surface area contributed by atoms with E-state index in [9.17, 15) is 9.59 Å². The molecular formula is C26H30N4O3. The minimum Gasteiger partial charge on any atom is -0.495 e. The number of amides is 2. The number of para-hydroxylation sites is 4. The molecule has 3 aromatic rings. The van der Waals surface area contributed by atoms with Crippen molar-refractivity contribution in [3.63, 3.8) is 0 Å². The van der Waals surface area contributed by atoms with Gasteiger partial charge >= 0.3 is 0 Å². The van der Waals surface area contributed by atoms with Crippen LogP contribution in [0, 0.1) is 11.8 Å². The maximum Gasteiger partial charge on any atom is 0.253 e. The first kappa shape index (κ1) is 21.5. The number of carbonyl (C=O) groups excluding carboxylic acids is 2. The van der Waals surface area contributed by atoms with Crippen LogP contribution in [0.2, 0.25) is 0 Å². The number of nitrogens with one attached hydrogen (secondary N) is 1. The highest BCUT2D eigenvalue weighted by atomic mass is 16.5. The molecule has 0 spiro atoms. The quantitative estimate of drug-likeness (QED) is 0.612. The molecule has 7 heteroatoms. The molecule has 172 valence electrons. The number of benzene rings is 2. The highest BCUT2D eigenvalue weighted by molar-refractivity contribution is 6.05. The Labute approximate surface area is 193 Å². The van der Waals surface area contributed by atoms with Crippen molar-refractivity contribution >= 4 is 34.5 Å². The van der Waals surface area contributed by atoms with Gasteiger partial charge in [0, 0.05) is 6.04 Å². The van der Waals surface area contributed by atoms with Gasteiger partial charge in [-0.05, 0) is 42.5 Å². The van der Waals surface area contributed by atoms with Crippen LogP contribution in [-0.4, -0.2) is 34.5 Å². The van der Waals surface area contributed by atoms with Crippen molar-refractivity contribution in [1.29, 1.82) is 0 Å². The summed E-state index contributed by atoms with van der Waals surface area (Å²) in [4.78, 5) is 33.6. The Balaban J connectivity index is 1.49. The van der Waals surface area contributed by atoms with Gasteiger partial charge in [-0.25, -0.2) is 4.98 Å². The molecule has 2 heterocycles. The number of methoxy groups -OCH3 is 1. The first-order valence-electron chi connectivity index (χ1n) is 11.7. The molecule has 1 aliphatic heterocycles. The predicted molar refractivity (Wildman–Crippen MR) is 128 cm³/mol. The molecule has 0 bridgehead atoms. The summed E-state index contributed by atoms with van der Waals surface area (Å²) < 4.78 is 7.32. The van der Waals surface area contributed by atoms with Crippen molar-refractivity contribution in [3.05, 3.63) is 48.5 Å². The number of anilines is 2. The largest absolute Gasteiger partial charge is 0.495 e. The Morgan fingerprint density at radius 1 is 1.12 bits per heavy atom. The van der Waals surface area contributed by atoms with E-state index in [0.717, 1.165) is 23.9 Å². The van der Waals surface area contributed by atoms with Gasteiger partial charge in [0.1, 0.15) is 11.8 Å². The van der Waals surface area contributed by atoms with E-state index in [4.69, 9.17) is 9.72 Å². The van der Waals surface area contributed by atoms with Gasteiger partial charge in [0.05, 0.1) is 30.3 Å². The number of nitrogens with zero attached hydrogens (tertiary/aromatic N) is 3. The summed E-state index contributed by atoms with van der Waals surface area (Å²) in [6, 6.07) is 14.6. The molecule has 1 aliphatic carbocycles. The van der Waals surface area contributed by atoms with Crippen LogP contribution in [0.3, 0.4) is 0 Å². The monoisotopic (exact) mass is 446 g/mol. The van der Waals surface area contributed by atoms with E-state index >= 15 is 0 Å². The third-order valence-corrected chi connectivity index (χ3v) is 7.38. The lowest BCUT2D eigenvalue weighted by Crippen LogP contribution is -2.47. The summed E-state index contributed by atoms with van der Waals surface area (Å²) in [5.74, 6) is 1.91. The zero-order chi connectivity index (χ0) is 23.1. The van der Waals surface area contributed by atoms with E-state index in [2.05, 4.69) is 19.2 Å². The van der Waals surface area contributed by atoms with Gasteiger partial charge in [0.25, 0.3) is 5.91 Å². The number of imidazole rings is 1. The van der Waals surface area contributed by atoms with E-state index in [1.54, 1.807) is 19.2 Å². The van der Waals surface area contributed by atoms with Gasteiger partial charge in [-0.1, -0.05) is 51.0 Å². The van der Waals surface area contributed by atoms with Crippen molar-refractivity contribution in [2.45, 2.75) is 51.6 Å². The SMILES string of the molecule is COc1ccccc1NC(=O)C[C@@H]1C(=O)N([C@@H]2CCC[C@H](C)[C@H]2C)c2nc3ccccc3n21. The zero-order valence-corrected chi connectivity index (χ0v) is 19.3. The van der Waals surface area contributed by atoms with Gasteiger partial charge in [0.15, 0.2) is 0 Å². The van der Waals surface area contributed by atoms with E-state index in [0.29, 0.717) is 29.2 Å². The normalized spacial score (nSPS) is 24.7. The molecule has 0 unspecified atom stereocenters. The van der Waals surface area contributed by atoms with Crippen molar-refractivity contribution in [1.82, 2.24) is 9.55 Å². The smallest absolute Gasteiger partial charge is 0.253 e. The van der Waals surface area contributed by atoms with Crippen LogP contribution in [-0.2, 0) is 9.59 Å². The summed E-state index contributed by atoms with van der Waals surface area (Å²) >= 11 is 0. The third-order valence-electron chi connectivity index (χ3n) is 7.38. The second-order valence-corrected chi connectivity index (χ2v) is 9.28. The minimum absolute atomic E-state index is 0.0376. The molecule has 2 aliphatic rings. The standard InChI is InChI=1S/C26H30N4O3/c1-16-9-8-13-20(17(16)2)30-25(32)22(29-21-12-6-4-10-18(21)28-26(29)30)15-24(31)27-19-11-5-7-14-23(19)33-3/h4-7,10-12,14,16-17,20,22H,8-9,13,15H2,1-3H3,(H,27,31)/t16-,17+,20+,22+/m0/s1. The van der Waals surface area contributed by atoms with Crippen LogP contribution < -0.4 is 15.0 Å². The fourth-order valence-electron chi connectivity index (χ4n) is 5.41. The molecule has 2 amide bonds. The second kappa shape index (κ2) is 8.54.